The van der Waals surface area contributed by atoms with Crippen molar-refractivity contribution >= 4 is 46.4 Å². The molecule has 0 amide bonds. The molecule has 1 N–H and O–H groups in total. The number of nitrogens with zero attached hydrogens (tertiary/aromatic N) is 1. The number of rotatable bonds is 6. The molecule has 0 saturated carbocycles. The van der Waals surface area contributed by atoms with Crippen LogP contribution in [-0.2, 0) is 0 Å². The molecule has 1 aliphatic rings. The first kappa shape index (κ1) is 20.0. The highest BCUT2D eigenvalue weighted by Crippen LogP contribution is 2.40. The summed E-state index contributed by atoms with van der Waals surface area (Å²) >= 11 is 5.55. The Morgan fingerprint density at radius 3 is 2.46 bits per heavy atom. The zero-order chi connectivity index (χ0) is 18.7. The summed E-state index contributed by atoms with van der Waals surface area (Å²) in [5.41, 5.74) is 4.45. The number of nitrogens with one attached hydrogen (secondary N) is 1. The smallest absolute Gasteiger partial charge is 0.0819 e. The van der Waals surface area contributed by atoms with Crippen LogP contribution in [0, 0.1) is 12.3 Å². The number of hydrogen-bond acceptors (Lipinski definition) is 5. The summed E-state index contributed by atoms with van der Waals surface area (Å²) in [4.78, 5) is 2.57. The number of aryl methyl sites for hydroxylation is 1. The zero-order valence-corrected chi connectivity index (χ0v) is 18.9. The molecule has 2 aromatic rings. The predicted octanol–water partition coefficient (Wildman–Crippen LogP) is 7.30. The van der Waals surface area contributed by atoms with Gasteiger partial charge in [0.1, 0.15) is 0 Å². The minimum Gasteiger partial charge on any atom is -0.370 e. The van der Waals surface area contributed by atoms with Gasteiger partial charge in [0.15, 0.2) is 0 Å². The van der Waals surface area contributed by atoms with E-state index >= 15 is 0 Å². The maximum absolute atomic E-state index is 3.63. The second kappa shape index (κ2) is 8.49. The van der Waals surface area contributed by atoms with Gasteiger partial charge in [-0.05, 0) is 60.9 Å². The van der Waals surface area contributed by atoms with Crippen molar-refractivity contribution in [3.8, 4) is 0 Å². The van der Waals surface area contributed by atoms with E-state index in [4.69, 9.17) is 0 Å². The van der Waals surface area contributed by atoms with E-state index in [-0.39, 0.29) is 0 Å². The molecule has 0 radical (unpaired) electrons. The van der Waals surface area contributed by atoms with Gasteiger partial charge in [-0.25, -0.2) is 0 Å². The second-order valence-electron chi connectivity index (χ2n) is 8.07. The third-order valence-electron chi connectivity index (χ3n) is 4.84. The molecule has 1 fully saturated rings. The van der Waals surface area contributed by atoms with E-state index in [0.29, 0.717) is 10.7 Å². The van der Waals surface area contributed by atoms with Crippen LogP contribution in [0.15, 0.2) is 38.8 Å². The highest BCUT2D eigenvalue weighted by molar-refractivity contribution is 8.04. The van der Waals surface area contributed by atoms with Gasteiger partial charge < -0.3 is 9.62 Å². The van der Waals surface area contributed by atoms with Gasteiger partial charge in [0.05, 0.1) is 19.8 Å². The molecule has 1 aliphatic heterocycles. The van der Waals surface area contributed by atoms with Crippen LogP contribution < -0.4 is 9.62 Å². The Bertz CT molecular complexity index is 727. The van der Waals surface area contributed by atoms with Crippen LogP contribution >= 0.6 is 35.0 Å². The molecule has 0 aliphatic carbocycles. The average Bonchev–Trinajstić information content (AvgIpc) is 3.00. The van der Waals surface area contributed by atoms with Crippen LogP contribution in [0.2, 0.25) is 0 Å². The molecule has 26 heavy (non-hydrogen) atoms. The topological polar surface area (TPSA) is 15.3 Å². The number of hydrogen-bond donors (Lipinski definition) is 1. The van der Waals surface area contributed by atoms with Crippen LogP contribution in [0.4, 0.5) is 11.4 Å². The molecule has 5 heteroatoms. The van der Waals surface area contributed by atoms with Gasteiger partial charge in [-0.3, -0.25) is 0 Å². The summed E-state index contributed by atoms with van der Waals surface area (Å²) in [7, 11) is 0. The lowest BCUT2D eigenvalue weighted by atomic mass is 9.82. The van der Waals surface area contributed by atoms with Crippen molar-refractivity contribution < 1.29 is 0 Å². The lowest BCUT2D eigenvalue weighted by Gasteiger charge is -2.39. The van der Waals surface area contributed by atoms with Crippen LogP contribution in [0.25, 0.3) is 0 Å². The molecule has 0 spiro atoms. The maximum Gasteiger partial charge on any atom is 0.0819 e. The number of benzene rings is 1. The van der Waals surface area contributed by atoms with Gasteiger partial charge in [-0.2, -0.15) is 0 Å². The van der Waals surface area contributed by atoms with Gasteiger partial charge in [0.25, 0.3) is 0 Å². The van der Waals surface area contributed by atoms with E-state index in [1.165, 1.54) is 38.2 Å². The standard InChI is InChI=1S/C21H30N2S3/c1-15(2)24-18-9-10-19(25-18)26-22-17-8-6-7-16(3)20(17)23-13-11-21(4,5)12-14-23/h6-10,15,22H,11-14H2,1-5H3. The van der Waals surface area contributed by atoms with Crippen LogP contribution in [0.1, 0.15) is 46.1 Å². The largest absolute Gasteiger partial charge is 0.370 e. The zero-order valence-electron chi connectivity index (χ0n) is 16.5. The predicted molar refractivity (Wildman–Crippen MR) is 121 cm³/mol. The van der Waals surface area contributed by atoms with Gasteiger partial charge in [0.2, 0.25) is 0 Å². The number of para-hydroxylation sites is 1. The van der Waals surface area contributed by atoms with Crippen LogP contribution in [0.3, 0.4) is 0 Å². The highest BCUT2D eigenvalue weighted by atomic mass is 32.2. The first-order valence-electron chi connectivity index (χ1n) is 9.38. The fourth-order valence-electron chi connectivity index (χ4n) is 3.26. The number of thiophene rings is 1. The van der Waals surface area contributed by atoms with Crippen molar-refractivity contribution in [2.24, 2.45) is 5.41 Å². The van der Waals surface area contributed by atoms with E-state index < -0.39 is 0 Å². The molecule has 142 valence electrons. The average molecular weight is 407 g/mol. The van der Waals surface area contributed by atoms with Crippen LogP contribution in [0.5, 0.6) is 0 Å². The summed E-state index contributed by atoms with van der Waals surface area (Å²) in [6, 6.07) is 11.1. The molecule has 2 nitrogen and oxygen atoms in total. The van der Waals surface area contributed by atoms with Crippen molar-refractivity contribution in [2.45, 2.75) is 61.1 Å². The van der Waals surface area contributed by atoms with Crippen molar-refractivity contribution in [3.05, 3.63) is 35.9 Å². The molecule has 1 aromatic carbocycles. The van der Waals surface area contributed by atoms with Crippen molar-refractivity contribution in [1.29, 1.82) is 0 Å². The van der Waals surface area contributed by atoms with Crippen molar-refractivity contribution in [1.82, 2.24) is 0 Å². The second-order valence-corrected chi connectivity index (χ2v) is 12.1. The van der Waals surface area contributed by atoms with E-state index in [9.17, 15) is 0 Å². The Balaban J connectivity index is 1.70. The van der Waals surface area contributed by atoms with E-state index in [1.54, 1.807) is 11.9 Å². The lowest BCUT2D eigenvalue weighted by Crippen LogP contribution is -2.37. The van der Waals surface area contributed by atoms with E-state index in [2.05, 4.69) is 74.6 Å². The number of thioether (sulfide) groups is 1. The van der Waals surface area contributed by atoms with Crippen molar-refractivity contribution in [2.75, 3.05) is 22.7 Å². The first-order chi connectivity index (χ1) is 12.3. The van der Waals surface area contributed by atoms with Gasteiger partial charge in [0, 0.05) is 18.3 Å². The highest BCUT2D eigenvalue weighted by Gasteiger charge is 2.27. The molecular weight excluding hydrogens is 376 g/mol. The van der Waals surface area contributed by atoms with Gasteiger partial charge in [-0.1, -0.05) is 39.8 Å². The molecule has 0 bridgehead atoms. The van der Waals surface area contributed by atoms with Crippen LogP contribution in [-0.4, -0.2) is 18.3 Å². The molecule has 1 saturated heterocycles. The Morgan fingerprint density at radius 2 is 1.77 bits per heavy atom. The third-order valence-corrected chi connectivity index (χ3v) is 8.05. The maximum atomic E-state index is 3.63. The Kier molecular flexibility index (Phi) is 6.52. The molecular formula is C21H30N2S3. The van der Waals surface area contributed by atoms with E-state index in [0.717, 1.165) is 13.1 Å². The fraction of sp³-hybridized carbons (Fsp3) is 0.524. The third kappa shape index (κ3) is 5.14. The van der Waals surface area contributed by atoms with E-state index in [1.807, 2.05) is 23.1 Å². The lowest BCUT2D eigenvalue weighted by molar-refractivity contribution is 0.280. The summed E-state index contributed by atoms with van der Waals surface area (Å²) in [6.07, 6.45) is 2.52. The molecule has 2 heterocycles. The molecule has 1 aromatic heterocycles. The van der Waals surface area contributed by atoms with Gasteiger partial charge >= 0.3 is 0 Å². The Morgan fingerprint density at radius 1 is 1.08 bits per heavy atom. The Labute approximate surface area is 171 Å². The summed E-state index contributed by atoms with van der Waals surface area (Å²) < 4.78 is 6.35. The molecule has 0 unspecified atom stereocenters. The van der Waals surface area contributed by atoms with Gasteiger partial charge in [-0.15, -0.1) is 23.1 Å². The monoisotopic (exact) mass is 406 g/mol. The summed E-state index contributed by atoms with van der Waals surface area (Å²) in [6.45, 7) is 13.8. The Hall–Kier alpha value is -0.780. The molecule has 3 rings (SSSR count). The summed E-state index contributed by atoms with van der Waals surface area (Å²) in [5.74, 6) is 0. The quantitative estimate of drug-likeness (QED) is 0.399. The fourth-order valence-corrected chi connectivity index (χ4v) is 6.61. The number of anilines is 2. The minimum absolute atomic E-state index is 0.475. The van der Waals surface area contributed by atoms with Crippen molar-refractivity contribution in [3.63, 3.8) is 0 Å². The number of piperidine rings is 1. The summed E-state index contributed by atoms with van der Waals surface area (Å²) in [5, 5.41) is 0.631. The first-order valence-corrected chi connectivity index (χ1v) is 11.9. The normalized spacial score (nSPS) is 16.9. The SMILES string of the molecule is Cc1cccc(NSc2ccc(SC(C)C)s2)c1N1CCC(C)(C)CC1. The molecule has 0 atom stereocenters. The minimum atomic E-state index is 0.475.